The number of carboxylic acids is 1. The van der Waals surface area contributed by atoms with Crippen LogP contribution in [0.5, 0.6) is 0 Å². The normalized spacial score (nSPS) is 24.8. The van der Waals surface area contributed by atoms with Crippen LogP contribution in [0.1, 0.15) is 37.1 Å². The van der Waals surface area contributed by atoms with Gasteiger partial charge in [0.2, 0.25) is 0 Å². The molecule has 94 valence electrons. The van der Waals surface area contributed by atoms with E-state index < -0.39 is 5.97 Å². The van der Waals surface area contributed by atoms with Crippen molar-refractivity contribution in [2.75, 3.05) is 0 Å². The highest BCUT2D eigenvalue weighted by atomic mass is 16.4. The minimum atomic E-state index is -0.614. The van der Waals surface area contributed by atoms with Crippen LogP contribution in [-0.4, -0.2) is 15.6 Å². The second-order valence-electron chi connectivity index (χ2n) is 5.22. The monoisotopic (exact) mass is 235 g/mol. The van der Waals surface area contributed by atoms with Crippen molar-refractivity contribution in [3.63, 3.8) is 0 Å². The molecule has 3 heteroatoms. The topological polar surface area (TPSA) is 42.2 Å². The molecule has 1 aliphatic rings. The lowest BCUT2D eigenvalue weighted by molar-refractivity contribution is -0.145. The van der Waals surface area contributed by atoms with Crippen LogP contribution in [0.4, 0.5) is 0 Å². The van der Waals surface area contributed by atoms with Gasteiger partial charge in [0, 0.05) is 17.9 Å². The predicted molar refractivity (Wildman–Crippen MR) is 67.0 cm³/mol. The molecule has 0 radical (unpaired) electrons. The maximum absolute atomic E-state index is 11.3. The number of hydrogen-bond acceptors (Lipinski definition) is 1. The number of hydrogen-bond donors (Lipinski definition) is 1. The van der Waals surface area contributed by atoms with Crippen LogP contribution in [-0.2, 0) is 11.3 Å². The Balaban J connectivity index is 2.13. The van der Waals surface area contributed by atoms with Gasteiger partial charge in [-0.15, -0.1) is 0 Å². The van der Waals surface area contributed by atoms with Crippen LogP contribution in [0.15, 0.2) is 12.1 Å². The van der Waals surface area contributed by atoms with E-state index in [1.807, 2.05) is 0 Å². The molecule has 17 heavy (non-hydrogen) atoms. The van der Waals surface area contributed by atoms with Crippen molar-refractivity contribution in [1.82, 2.24) is 4.57 Å². The molecule has 2 rings (SSSR count). The van der Waals surface area contributed by atoms with Crippen molar-refractivity contribution in [2.24, 2.45) is 11.8 Å². The molecular formula is C14H21NO2. The standard InChI is InChI=1S/C14H21NO2/c1-10-7-8-11(2)15(10)9-12-5-3-4-6-13(12)14(16)17/h7-8,12-13H,3-6,9H2,1-2H3,(H,16,17). The number of rotatable bonds is 3. The van der Waals surface area contributed by atoms with Crippen LogP contribution in [0, 0.1) is 25.7 Å². The van der Waals surface area contributed by atoms with E-state index in [0.29, 0.717) is 5.92 Å². The van der Waals surface area contributed by atoms with Crippen molar-refractivity contribution in [3.05, 3.63) is 23.5 Å². The summed E-state index contributed by atoms with van der Waals surface area (Å²) in [6, 6.07) is 4.21. The van der Waals surface area contributed by atoms with Crippen molar-refractivity contribution in [2.45, 2.75) is 46.1 Å². The minimum absolute atomic E-state index is 0.148. The van der Waals surface area contributed by atoms with E-state index in [4.69, 9.17) is 0 Å². The number of aryl methyl sites for hydroxylation is 2. The van der Waals surface area contributed by atoms with Gasteiger partial charge in [-0.1, -0.05) is 12.8 Å². The molecule has 0 bridgehead atoms. The van der Waals surface area contributed by atoms with Crippen LogP contribution in [0.2, 0.25) is 0 Å². The van der Waals surface area contributed by atoms with Gasteiger partial charge in [-0.05, 0) is 44.7 Å². The van der Waals surface area contributed by atoms with Gasteiger partial charge < -0.3 is 9.67 Å². The first-order chi connectivity index (χ1) is 8.09. The summed E-state index contributed by atoms with van der Waals surface area (Å²) < 4.78 is 2.26. The second kappa shape index (κ2) is 4.94. The first kappa shape index (κ1) is 12.2. The average Bonchev–Trinajstić information content (AvgIpc) is 2.61. The van der Waals surface area contributed by atoms with Gasteiger partial charge >= 0.3 is 5.97 Å². The van der Waals surface area contributed by atoms with Gasteiger partial charge in [0.05, 0.1) is 5.92 Å². The smallest absolute Gasteiger partial charge is 0.306 e. The molecule has 1 aliphatic carbocycles. The lowest BCUT2D eigenvalue weighted by Gasteiger charge is -2.29. The van der Waals surface area contributed by atoms with Crippen LogP contribution in [0.25, 0.3) is 0 Å². The van der Waals surface area contributed by atoms with Gasteiger partial charge in [0.15, 0.2) is 0 Å². The van der Waals surface area contributed by atoms with Crippen LogP contribution >= 0.6 is 0 Å². The van der Waals surface area contributed by atoms with E-state index in [2.05, 4.69) is 30.5 Å². The lowest BCUT2D eigenvalue weighted by atomic mass is 9.79. The van der Waals surface area contributed by atoms with Crippen molar-refractivity contribution in [3.8, 4) is 0 Å². The molecular weight excluding hydrogens is 214 g/mol. The Hall–Kier alpha value is -1.25. The average molecular weight is 235 g/mol. The summed E-state index contributed by atoms with van der Waals surface area (Å²) in [6.07, 6.45) is 4.14. The molecule has 0 aromatic carbocycles. The molecule has 0 aliphatic heterocycles. The summed E-state index contributed by atoms with van der Waals surface area (Å²) >= 11 is 0. The third kappa shape index (κ3) is 2.54. The van der Waals surface area contributed by atoms with Crippen LogP contribution < -0.4 is 0 Å². The highest BCUT2D eigenvalue weighted by molar-refractivity contribution is 5.70. The fraction of sp³-hybridized carbons (Fsp3) is 0.643. The first-order valence-corrected chi connectivity index (χ1v) is 6.45. The van der Waals surface area contributed by atoms with Crippen molar-refractivity contribution >= 4 is 5.97 Å². The maximum atomic E-state index is 11.3. The maximum Gasteiger partial charge on any atom is 0.306 e. The Morgan fingerprint density at radius 3 is 2.47 bits per heavy atom. The fourth-order valence-electron chi connectivity index (χ4n) is 2.97. The summed E-state index contributed by atoms with van der Waals surface area (Å²) in [5.41, 5.74) is 2.47. The number of carbonyl (C=O) groups is 1. The zero-order valence-corrected chi connectivity index (χ0v) is 10.6. The molecule has 0 amide bonds. The van der Waals surface area contributed by atoms with Crippen molar-refractivity contribution < 1.29 is 9.90 Å². The molecule has 3 nitrogen and oxygen atoms in total. The molecule has 1 fully saturated rings. The van der Waals surface area contributed by atoms with E-state index in [-0.39, 0.29) is 5.92 Å². The van der Waals surface area contributed by atoms with E-state index in [1.54, 1.807) is 0 Å². The van der Waals surface area contributed by atoms with Gasteiger partial charge in [-0.3, -0.25) is 4.79 Å². The highest BCUT2D eigenvalue weighted by Gasteiger charge is 2.31. The predicted octanol–water partition coefficient (Wildman–Crippen LogP) is 3.00. The Labute approximate surface area is 102 Å². The van der Waals surface area contributed by atoms with E-state index in [0.717, 1.165) is 25.8 Å². The van der Waals surface area contributed by atoms with Gasteiger partial charge in [0.25, 0.3) is 0 Å². The third-order valence-electron chi connectivity index (χ3n) is 4.06. The van der Waals surface area contributed by atoms with Gasteiger partial charge in [-0.25, -0.2) is 0 Å². The summed E-state index contributed by atoms with van der Waals surface area (Å²) in [4.78, 5) is 11.3. The van der Waals surface area contributed by atoms with E-state index in [9.17, 15) is 9.90 Å². The Kier molecular flexibility index (Phi) is 3.55. The molecule has 1 saturated carbocycles. The molecule has 0 saturated heterocycles. The SMILES string of the molecule is Cc1ccc(C)n1CC1CCCCC1C(=O)O. The fourth-order valence-corrected chi connectivity index (χ4v) is 2.97. The molecule has 2 unspecified atom stereocenters. The molecule has 1 N–H and O–H groups in total. The van der Waals surface area contributed by atoms with Crippen LogP contribution in [0.3, 0.4) is 0 Å². The molecule has 0 spiro atoms. The highest BCUT2D eigenvalue weighted by Crippen LogP contribution is 2.32. The van der Waals surface area contributed by atoms with Gasteiger partial charge in [0.1, 0.15) is 0 Å². The quantitative estimate of drug-likeness (QED) is 0.875. The molecule has 2 atom stereocenters. The largest absolute Gasteiger partial charge is 0.481 e. The molecule has 1 heterocycles. The number of aromatic nitrogens is 1. The summed E-state index contributed by atoms with van der Waals surface area (Å²) in [6.45, 7) is 5.04. The Morgan fingerprint density at radius 1 is 1.29 bits per heavy atom. The number of carboxylic acid groups (broad SMARTS) is 1. The van der Waals surface area contributed by atoms with E-state index in [1.165, 1.54) is 17.8 Å². The van der Waals surface area contributed by atoms with Crippen molar-refractivity contribution in [1.29, 1.82) is 0 Å². The zero-order chi connectivity index (χ0) is 12.4. The minimum Gasteiger partial charge on any atom is -0.481 e. The Morgan fingerprint density at radius 2 is 1.88 bits per heavy atom. The molecule has 1 aromatic rings. The van der Waals surface area contributed by atoms with Gasteiger partial charge in [-0.2, -0.15) is 0 Å². The number of nitrogens with zero attached hydrogens (tertiary/aromatic N) is 1. The van der Waals surface area contributed by atoms with E-state index >= 15 is 0 Å². The summed E-state index contributed by atoms with van der Waals surface area (Å²) in [5.74, 6) is -0.465. The number of aliphatic carboxylic acids is 1. The third-order valence-corrected chi connectivity index (χ3v) is 4.06. The lowest BCUT2D eigenvalue weighted by Crippen LogP contribution is -2.30. The summed E-state index contributed by atoms with van der Waals surface area (Å²) in [5, 5.41) is 9.27. The summed E-state index contributed by atoms with van der Waals surface area (Å²) in [7, 11) is 0. The molecule has 1 aromatic heterocycles. The first-order valence-electron chi connectivity index (χ1n) is 6.45. The second-order valence-corrected chi connectivity index (χ2v) is 5.22. The Bertz CT molecular complexity index is 389. The zero-order valence-electron chi connectivity index (χ0n) is 10.6.